The molecule has 0 aliphatic carbocycles. The third-order valence-corrected chi connectivity index (χ3v) is 3.93. The molecule has 1 aromatic carbocycles. The largest absolute Gasteiger partial charge is 0.493 e. The average Bonchev–Trinajstić information content (AvgIpc) is 2.57. The van der Waals surface area contributed by atoms with Gasteiger partial charge in [-0.25, -0.2) is 0 Å². The van der Waals surface area contributed by atoms with Gasteiger partial charge in [-0.2, -0.15) is 0 Å². The Morgan fingerprint density at radius 1 is 1.24 bits per heavy atom. The number of aliphatic hydroxyl groups is 1. The van der Waals surface area contributed by atoms with Crippen LogP contribution in [-0.4, -0.2) is 29.5 Å². The summed E-state index contributed by atoms with van der Waals surface area (Å²) in [6, 6.07) is 5.52. The molecule has 2 atom stereocenters. The molecule has 1 saturated heterocycles. The maximum Gasteiger partial charge on any atom is 0.161 e. The molecular formula is C17H26O4. The van der Waals surface area contributed by atoms with Gasteiger partial charge < -0.3 is 19.3 Å². The molecule has 1 aromatic rings. The highest BCUT2D eigenvalue weighted by Gasteiger charge is 2.47. The number of hydrogen-bond donors (Lipinski definition) is 1. The molecular weight excluding hydrogens is 268 g/mol. The minimum atomic E-state index is -0.530. The van der Waals surface area contributed by atoms with Crippen LogP contribution >= 0.6 is 0 Å². The average molecular weight is 294 g/mol. The molecule has 1 aliphatic rings. The van der Waals surface area contributed by atoms with Crippen molar-refractivity contribution >= 4 is 0 Å². The second-order valence-corrected chi connectivity index (χ2v) is 6.86. The lowest BCUT2D eigenvalue weighted by Crippen LogP contribution is -2.36. The predicted molar refractivity (Wildman–Crippen MR) is 81.9 cm³/mol. The van der Waals surface area contributed by atoms with Crippen LogP contribution in [0.4, 0.5) is 0 Å². The van der Waals surface area contributed by atoms with E-state index in [-0.39, 0.29) is 17.3 Å². The Morgan fingerprint density at radius 2 is 1.90 bits per heavy atom. The quantitative estimate of drug-likeness (QED) is 0.923. The fourth-order valence-electron chi connectivity index (χ4n) is 2.89. The van der Waals surface area contributed by atoms with E-state index in [0.717, 1.165) is 12.0 Å². The topological polar surface area (TPSA) is 47.9 Å². The molecule has 0 spiro atoms. The van der Waals surface area contributed by atoms with Crippen LogP contribution < -0.4 is 9.47 Å². The summed E-state index contributed by atoms with van der Waals surface area (Å²) in [5.41, 5.74) is 0.264. The maximum absolute atomic E-state index is 9.65. The molecule has 0 bridgehead atoms. The van der Waals surface area contributed by atoms with E-state index in [4.69, 9.17) is 14.2 Å². The smallest absolute Gasteiger partial charge is 0.161 e. The summed E-state index contributed by atoms with van der Waals surface area (Å²) < 4.78 is 17.6. The Labute approximate surface area is 127 Å². The first kappa shape index (κ1) is 16.1. The van der Waals surface area contributed by atoms with Crippen LogP contribution in [0.25, 0.3) is 0 Å². The number of ether oxygens (including phenoxy) is 3. The van der Waals surface area contributed by atoms with Gasteiger partial charge in [-0.3, -0.25) is 0 Å². The van der Waals surface area contributed by atoms with E-state index in [1.54, 1.807) is 14.0 Å². The predicted octanol–water partition coefficient (Wildman–Crippen LogP) is 3.47. The van der Waals surface area contributed by atoms with E-state index in [2.05, 4.69) is 13.8 Å². The lowest BCUT2D eigenvalue weighted by atomic mass is 9.97. The highest BCUT2D eigenvalue weighted by atomic mass is 16.6. The first-order valence-electron chi connectivity index (χ1n) is 7.37. The normalized spacial score (nSPS) is 24.6. The van der Waals surface area contributed by atoms with E-state index in [9.17, 15) is 5.11 Å². The van der Waals surface area contributed by atoms with Gasteiger partial charge >= 0.3 is 0 Å². The van der Waals surface area contributed by atoms with Gasteiger partial charge in [-0.15, -0.1) is 0 Å². The van der Waals surface area contributed by atoms with Crippen molar-refractivity contribution in [1.29, 1.82) is 0 Å². The van der Waals surface area contributed by atoms with Gasteiger partial charge in [0.1, 0.15) is 11.7 Å². The minimum absolute atomic E-state index is 0.0428. The highest BCUT2D eigenvalue weighted by molar-refractivity contribution is 5.43. The standard InChI is InChI=1S/C17H26O4/c1-11(18)12-7-8-13(14(9-12)19-6)20-15-10-16(2,3)21-17(15,4)5/h7-9,11,15,18H,10H2,1-6H3. The van der Waals surface area contributed by atoms with Crippen LogP contribution in [0.3, 0.4) is 0 Å². The van der Waals surface area contributed by atoms with Gasteiger partial charge in [-0.05, 0) is 52.3 Å². The molecule has 2 rings (SSSR count). The Kier molecular flexibility index (Phi) is 4.22. The number of aliphatic hydroxyl groups excluding tert-OH is 1. The first-order valence-corrected chi connectivity index (χ1v) is 7.37. The summed E-state index contributed by atoms with van der Waals surface area (Å²) in [5, 5.41) is 9.65. The number of benzene rings is 1. The molecule has 1 N–H and O–H groups in total. The van der Waals surface area contributed by atoms with Gasteiger partial charge in [0.05, 0.1) is 18.8 Å². The summed E-state index contributed by atoms with van der Waals surface area (Å²) in [4.78, 5) is 0. The number of hydrogen-bond acceptors (Lipinski definition) is 4. The molecule has 0 amide bonds. The zero-order valence-electron chi connectivity index (χ0n) is 13.8. The van der Waals surface area contributed by atoms with Gasteiger partial charge in [0.15, 0.2) is 11.5 Å². The zero-order valence-corrected chi connectivity index (χ0v) is 13.8. The third kappa shape index (κ3) is 3.50. The summed E-state index contributed by atoms with van der Waals surface area (Å²) in [6.45, 7) is 9.97. The van der Waals surface area contributed by atoms with Crippen molar-refractivity contribution < 1.29 is 19.3 Å². The van der Waals surface area contributed by atoms with Crippen LogP contribution in [0.2, 0.25) is 0 Å². The molecule has 4 heteroatoms. The molecule has 21 heavy (non-hydrogen) atoms. The van der Waals surface area contributed by atoms with Crippen molar-refractivity contribution in [1.82, 2.24) is 0 Å². The highest BCUT2D eigenvalue weighted by Crippen LogP contribution is 2.41. The van der Waals surface area contributed by atoms with Crippen LogP contribution in [0.1, 0.15) is 52.7 Å². The lowest BCUT2D eigenvalue weighted by Gasteiger charge is -2.28. The van der Waals surface area contributed by atoms with E-state index in [0.29, 0.717) is 11.5 Å². The van der Waals surface area contributed by atoms with Crippen LogP contribution in [0, 0.1) is 0 Å². The Balaban J connectivity index is 2.24. The fraction of sp³-hybridized carbons (Fsp3) is 0.647. The van der Waals surface area contributed by atoms with E-state index in [1.165, 1.54) is 0 Å². The SMILES string of the molecule is COc1cc(C(C)O)ccc1OC1CC(C)(C)OC1(C)C. The summed E-state index contributed by atoms with van der Waals surface area (Å²) in [6.07, 6.45) is 0.248. The molecule has 4 nitrogen and oxygen atoms in total. The van der Waals surface area contributed by atoms with Crippen molar-refractivity contribution in [2.75, 3.05) is 7.11 Å². The zero-order chi connectivity index (χ0) is 15.8. The van der Waals surface area contributed by atoms with Crippen LogP contribution in [-0.2, 0) is 4.74 Å². The Bertz CT molecular complexity index is 506. The van der Waals surface area contributed by atoms with Crippen molar-refractivity contribution in [3.63, 3.8) is 0 Å². The number of rotatable bonds is 4. The molecule has 118 valence electrons. The van der Waals surface area contributed by atoms with E-state index >= 15 is 0 Å². The van der Waals surface area contributed by atoms with Crippen LogP contribution in [0.15, 0.2) is 18.2 Å². The van der Waals surface area contributed by atoms with Gasteiger partial charge in [-0.1, -0.05) is 6.07 Å². The van der Waals surface area contributed by atoms with Gasteiger partial charge in [0, 0.05) is 6.42 Å². The van der Waals surface area contributed by atoms with E-state index < -0.39 is 6.10 Å². The van der Waals surface area contributed by atoms with E-state index in [1.807, 2.05) is 32.0 Å². The molecule has 2 unspecified atom stereocenters. The monoisotopic (exact) mass is 294 g/mol. The first-order chi connectivity index (χ1) is 9.64. The fourth-order valence-corrected chi connectivity index (χ4v) is 2.89. The van der Waals surface area contributed by atoms with Crippen LogP contribution in [0.5, 0.6) is 11.5 Å². The van der Waals surface area contributed by atoms with Crippen molar-refractivity contribution in [2.45, 2.75) is 64.4 Å². The van der Waals surface area contributed by atoms with Gasteiger partial charge in [0.25, 0.3) is 0 Å². The molecule has 1 heterocycles. The van der Waals surface area contributed by atoms with Crippen molar-refractivity contribution in [3.8, 4) is 11.5 Å². The summed E-state index contributed by atoms with van der Waals surface area (Å²) in [5.74, 6) is 1.31. The molecule has 1 fully saturated rings. The minimum Gasteiger partial charge on any atom is -0.493 e. The second kappa shape index (κ2) is 5.50. The molecule has 0 aromatic heterocycles. The Hall–Kier alpha value is -1.26. The van der Waals surface area contributed by atoms with Crippen molar-refractivity contribution in [2.24, 2.45) is 0 Å². The van der Waals surface area contributed by atoms with Crippen molar-refractivity contribution in [3.05, 3.63) is 23.8 Å². The summed E-state index contributed by atoms with van der Waals surface area (Å²) >= 11 is 0. The summed E-state index contributed by atoms with van der Waals surface area (Å²) in [7, 11) is 1.61. The maximum atomic E-state index is 9.65. The molecule has 0 saturated carbocycles. The second-order valence-electron chi connectivity index (χ2n) is 6.86. The lowest BCUT2D eigenvalue weighted by molar-refractivity contribution is -0.0847. The Morgan fingerprint density at radius 3 is 2.38 bits per heavy atom. The van der Waals surface area contributed by atoms with Gasteiger partial charge in [0.2, 0.25) is 0 Å². The molecule has 0 radical (unpaired) electrons. The number of methoxy groups -OCH3 is 1. The third-order valence-electron chi connectivity index (χ3n) is 3.93. The molecule has 1 aliphatic heterocycles.